The van der Waals surface area contributed by atoms with E-state index in [1.54, 1.807) is 0 Å². The lowest BCUT2D eigenvalue weighted by atomic mass is 10.1. The summed E-state index contributed by atoms with van der Waals surface area (Å²) < 4.78 is 5.32. The van der Waals surface area contributed by atoms with E-state index in [0.29, 0.717) is 12.4 Å². The van der Waals surface area contributed by atoms with Crippen molar-refractivity contribution < 1.29 is 4.52 Å². The summed E-state index contributed by atoms with van der Waals surface area (Å²) in [6.07, 6.45) is 8.00. The number of hydrogen-bond acceptors (Lipinski definition) is 4. The average molecular weight is 287 g/mol. The van der Waals surface area contributed by atoms with Crippen LogP contribution in [0.15, 0.2) is 28.8 Å². The largest absolute Gasteiger partial charge is 0.339 e. The highest BCUT2D eigenvalue weighted by Gasteiger charge is 2.08. The number of hydrogen-bond donors (Lipinski definition) is 1. The molecule has 1 aromatic carbocycles. The minimum atomic E-state index is 0.670. The van der Waals surface area contributed by atoms with Gasteiger partial charge in [0.25, 0.3) is 0 Å². The van der Waals surface area contributed by atoms with Crippen molar-refractivity contribution in [3.05, 3.63) is 35.7 Å². The molecule has 0 fully saturated rings. The molecule has 0 unspecified atom stereocenters. The van der Waals surface area contributed by atoms with Crippen LogP contribution in [-0.2, 0) is 12.8 Å². The van der Waals surface area contributed by atoms with Crippen molar-refractivity contribution in [3.63, 3.8) is 0 Å². The summed E-state index contributed by atoms with van der Waals surface area (Å²) in [5.74, 6) is 1.42. The normalized spacial score (nSPS) is 11.0. The number of nitrogens with zero attached hydrogens (tertiary/aromatic N) is 2. The van der Waals surface area contributed by atoms with Crippen LogP contribution < -0.4 is 5.73 Å². The highest BCUT2D eigenvalue weighted by atomic mass is 16.5. The molecule has 0 bridgehead atoms. The van der Waals surface area contributed by atoms with E-state index >= 15 is 0 Å². The third-order valence-corrected chi connectivity index (χ3v) is 3.61. The van der Waals surface area contributed by atoms with Crippen LogP contribution in [0.5, 0.6) is 0 Å². The lowest BCUT2D eigenvalue weighted by Gasteiger charge is -1.99. The monoisotopic (exact) mass is 287 g/mol. The molecule has 0 aliphatic rings. The zero-order valence-electron chi connectivity index (χ0n) is 12.8. The van der Waals surface area contributed by atoms with Crippen molar-refractivity contribution in [2.45, 2.75) is 51.9 Å². The Morgan fingerprint density at radius 3 is 2.48 bits per heavy atom. The molecule has 1 heterocycles. The number of nitrogens with two attached hydrogens (primary N) is 1. The molecule has 2 aromatic rings. The first kappa shape index (κ1) is 15.7. The number of benzene rings is 1. The van der Waals surface area contributed by atoms with Gasteiger partial charge < -0.3 is 10.3 Å². The Kier molecular flexibility index (Phi) is 6.41. The molecular formula is C17H25N3O. The Hall–Kier alpha value is -1.68. The highest BCUT2D eigenvalue weighted by molar-refractivity contribution is 5.54. The first-order valence-electron chi connectivity index (χ1n) is 7.95. The first-order chi connectivity index (χ1) is 10.3. The summed E-state index contributed by atoms with van der Waals surface area (Å²) in [5.41, 5.74) is 7.78. The Balaban J connectivity index is 1.87. The number of unbranched alkanes of at least 4 members (excludes halogenated alkanes) is 4. The van der Waals surface area contributed by atoms with E-state index in [9.17, 15) is 0 Å². The second-order valence-electron chi connectivity index (χ2n) is 5.41. The van der Waals surface area contributed by atoms with E-state index in [1.165, 1.54) is 31.2 Å². The molecule has 21 heavy (non-hydrogen) atoms. The third-order valence-electron chi connectivity index (χ3n) is 3.61. The molecule has 0 saturated carbocycles. The van der Waals surface area contributed by atoms with E-state index in [2.05, 4.69) is 29.2 Å². The van der Waals surface area contributed by atoms with Crippen LogP contribution in [0, 0.1) is 0 Å². The zero-order valence-corrected chi connectivity index (χ0v) is 12.8. The van der Waals surface area contributed by atoms with Gasteiger partial charge in [0.15, 0.2) is 0 Å². The summed E-state index contributed by atoms with van der Waals surface area (Å²) in [6.45, 7) is 2.90. The third kappa shape index (κ3) is 4.97. The number of rotatable bonds is 9. The molecule has 114 valence electrons. The maximum absolute atomic E-state index is 5.55. The lowest BCUT2D eigenvalue weighted by molar-refractivity contribution is 0.374. The maximum atomic E-state index is 5.55. The van der Waals surface area contributed by atoms with E-state index in [-0.39, 0.29) is 0 Å². The van der Waals surface area contributed by atoms with E-state index in [0.717, 1.165) is 30.7 Å². The molecular weight excluding hydrogens is 262 g/mol. The molecule has 0 spiro atoms. The van der Waals surface area contributed by atoms with Crippen LogP contribution in [0.1, 0.15) is 50.5 Å². The molecule has 0 aliphatic carbocycles. The molecule has 1 aromatic heterocycles. The summed E-state index contributed by atoms with van der Waals surface area (Å²) in [6, 6.07) is 8.20. The van der Waals surface area contributed by atoms with Crippen molar-refractivity contribution in [2.24, 2.45) is 5.73 Å². The van der Waals surface area contributed by atoms with Gasteiger partial charge in [0.2, 0.25) is 11.7 Å². The van der Waals surface area contributed by atoms with Crippen LogP contribution in [0.3, 0.4) is 0 Å². The quantitative estimate of drug-likeness (QED) is 0.713. The predicted octanol–water partition coefficient (Wildman–Crippen LogP) is 3.75. The summed E-state index contributed by atoms with van der Waals surface area (Å²) >= 11 is 0. The van der Waals surface area contributed by atoms with Gasteiger partial charge in [-0.2, -0.15) is 4.98 Å². The lowest BCUT2D eigenvalue weighted by Crippen LogP contribution is -2.02. The molecule has 0 amide bonds. The Morgan fingerprint density at radius 2 is 1.76 bits per heavy atom. The van der Waals surface area contributed by atoms with Gasteiger partial charge in [-0.05, 0) is 24.9 Å². The SMILES string of the molecule is CCCCCCCc1nc(-c2ccc(CCN)cc2)no1. The van der Waals surface area contributed by atoms with Crippen LogP contribution >= 0.6 is 0 Å². The highest BCUT2D eigenvalue weighted by Crippen LogP contribution is 2.17. The van der Waals surface area contributed by atoms with E-state index < -0.39 is 0 Å². The van der Waals surface area contributed by atoms with Crippen molar-refractivity contribution >= 4 is 0 Å². The molecule has 4 nitrogen and oxygen atoms in total. The smallest absolute Gasteiger partial charge is 0.226 e. The Morgan fingerprint density at radius 1 is 1.00 bits per heavy atom. The van der Waals surface area contributed by atoms with Crippen molar-refractivity contribution in [2.75, 3.05) is 6.54 Å². The number of aromatic nitrogens is 2. The summed E-state index contributed by atoms with van der Waals surface area (Å²) in [7, 11) is 0. The van der Waals surface area contributed by atoms with E-state index in [1.807, 2.05) is 12.1 Å². The predicted molar refractivity (Wildman–Crippen MR) is 85.0 cm³/mol. The van der Waals surface area contributed by atoms with Gasteiger partial charge >= 0.3 is 0 Å². The molecule has 0 saturated heterocycles. The second kappa shape index (κ2) is 8.57. The molecule has 2 N–H and O–H groups in total. The van der Waals surface area contributed by atoms with Crippen LogP contribution in [0.4, 0.5) is 0 Å². The van der Waals surface area contributed by atoms with Crippen LogP contribution in [0.2, 0.25) is 0 Å². The van der Waals surface area contributed by atoms with Crippen LogP contribution in [0.25, 0.3) is 11.4 Å². The van der Waals surface area contributed by atoms with Gasteiger partial charge in [-0.3, -0.25) is 0 Å². The van der Waals surface area contributed by atoms with Gasteiger partial charge in [0.1, 0.15) is 0 Å². The first-order valence-corrected chi connectivity index (χ1v) is 7.95. The van der Waals surface area contributed by atoms with Crippen LogP contribution in [-0.4, -0.2) is 16.7 Å². The van der Waals surface area contributed by atoms with Gasteiger partial charge in [-0.15, -0.1) is 0 Å². The topological polar surface area (TPSA) is 64.9 Å². The van der Waals surface area contributed by atoms with Gasteiger partial charge in [0.05, 0.1) is 0 Å². The fourth-order valence-electron chi connectivity index (χ4n) is 2.34. The van der Waals surface area contributed by atoms with Crippen molar-refractivity contribution in [1.29, 1.82) is 0 Å². The van der Waals surface area contributed by atoms with Crippen molar-refractivity contribution in [3.8, 4) is 11.4 Å². The minimum Gasteiger partial charge on any atom is -0.339 e. The summed E-state index contributed by atoms with van der Waals surface area (Å²) in [4.78, 5) is 4.47. The summed E-state index contributed by atoms with van der Waals surface area (Å²) in [5, 5.41) is 4.07. The molecule has 4 heteroatoms. The standard InChI is InChI=1S/C17H25N3O/c1-2-3-4-5-6-7-16-19-17(20-21-16)15-10-8-14(9-11-15)12-13-18/h8-11H,2-7,12-13,18H2,1H3. The zero-order chi connectivity index (χ0) is 14.9. The molecule has 2 rings (SSSR count). The molecule has 0 aliphatic heterocycles. The molecule has 0 radical (unpaired) electrons. The Labute approximate surface area is 126 Å². The van der Waals surface area contributed by atoms with Crippen molar-refractivity contribution in [1.82, 2.24) is 10.1 Å². The van der Waals surface area contributed by atoms with E-state index in [4.69, 9.17) is 10.3 Å². The maximum Gasteiger partial charge on any atom is 0.226 e. The Bertz CT molecular complexity index is 519. The van der Waals surface area contributed by atoms with Gasteiger partial charge in [0, 0.05) is 12.0 Å². The fourth-order valence-corrected chi connectivity index (χ4v) is 2.34. The van der Waals surface area contributed by atoms with Gasteiger partial charge in [-0.25, -0.2) is 0 Å². The molecule has 0 atom stereocenters. The average Bonchev–Trinajstić information content (AvgIpc) is 2.97. The second-order valence-corrected chi connectivity index (χ2v) is 5.41. The number of aryl methyl sites for hydroxylation is 1. The minimum absolute atomic E-state index is 0.670. The van der Waals surface area contributed by atoms with Gasteiger partial charge in [-0.1, -0.05) is 62.0 Å². The fraction of sp³-hybridized carbons (Fsp3) is 0.529.